The first-order valence-corrected chi connectivity index (χ1v) is 5.02. The van der Waals surface area contributed by atoms with Gasteiger partial charge < -0.3 is 16.0 Å². The van der Waals surface area contributed by atoms with Gasteiger partial charge in [0, 0.05) is 0 Å². The number of nitrogens with zero attached hydrogens (tertiary/aromatic N) is 3. The molecule has 0 saturated heterocycles. The second kappa shape index (κ2) is 70.5. The quantitative estimate of drug-likeness (QED) is 0.558. The molecule has 0 spiro atoms. The zero-order valence-corrected chi connectivity index (χ0v) is 10.5. The molecular weight excluding hydrogens is 197 g/mol. The van der Waals surface area contributed by atoms with Crippen LogP contribution in [0.2, 0.25) is 0 Å². The summed E-state index contributed by atoms with van der Waals surface area (Å²) in [4.78, 5) is 0. The van der Waals surface area contributed by atoms with E-state index in [1.165, 1.54) is 19.4 Å². The van der Waals surface area contributed by atoms with Crippen LogP contribution in [0.15, 0.2) is 0 Å². The molecule has 0 aromatic heterocycles. The van der Waals surface area contributed by atoms with E-state index in [1.807, 2.05) is 0 Å². The summed E-state index contributed by atoms with van der Waals surface area (Å²) in [6.07, 6.45) is 0. The molecular formula is C6H18ClN3Ti. The van der Waals surface area contributed by atoms with Gasteiger partial charge in [0.2, 0.25) is 0 Å². The van der Waals surface area contributed by atoms with E-state index >= 15 is 0 Å². The summed E-state index contributed by atoms with van der Waals surface area (Å²) in [6, 6.07) is 0. The Kier molecular flexibility index (Phi) is 145. The van der Waals surface area contributed by atoms with Crippen molar-refractivity contribution in [2.75, 3.05) is 42.3 Å². The number of rotatable bonds is 0. The van der Waals surface area contributed by atoms with Crippen LogP contribution in [0.3, 0.4) is 0 Å². The molecule has 11 heavy (non-hydrogen) atoms. The number of halogens is 1. The molecule has 0 saturated carbocycles. The molecule has 0 bridgehead atoms. The standard InChI is InChI=1S/3C2H6N.ClH.Ti/c3*1-3-2;;/h3*1-2H3;1H;/q3*-1;;+4/p-1. The van der Waals surface area contributed by atoms with Crippen LogP contribution in [0.5, 0.6) is 0 Å². The first kappa shape index (κ1) is 22.6. The van der Waals surface area contributed by atoms with Crippen molar-refractivity contribution in [2.24, 2.45) is 0 Å². The van der Waals surface area contributed by atoms with Gasteiger partial charge in [0.15, 0.2) is 0 Å². The fraction of sp³-hybridized carbons (Fsp3) is 1.00. The van der Waals surface area contributed by atoms with Gasteiger partial charge in [-0.05, 0) is 0 Å². The third-order valence-electron chi connectivity index (χ3n) is 0. The van der Waals surface area contributed by atoms with Gasteiger partial charge in [0.25, 0.3) is 0 Å². The van der Waals surface area contributed by atoms with Gasteiger partial charge in [-0.25, -0.2) is 0 Å². The van der Waals surface area contributed by atoms with Gasteiger partial charge in [-0.1, -0.05) is 0 Å². The molecule has 0 aliphatic carbocycles. The van der Waals surface area contributed by atoms with Gasteiger partial charge in [0.1, 0.15) is 0 Å². The van der Waals surface area contributed by atoms with Crippen LogP contribution in [0.1, 0.15) is 0 Å². The Morgan fingerprint density at radius 1 is 0.636 bits per heavy atom. The fourth-order valence-electron chi connectivity index (χ4n) is 0. The summed E-state index contributed by atoms with van der Waals surface area (Å²) in [5.74, 6) is 0. The average molecular weight is 216 g/mol. The van der Waals surface area contributed by atoms with Crippen molar-refractivity contribution in [3.8, 4) is 0 Å². The molecule has 3 nitrogen and oxygen atoms in total. The molecule has 0 atom stereocenters. The third-order valence-corrected chi connectivity index (χ3v) is 0. The van der Waals surface area contributed by atoms with Crippen molar-refractivity contribution in [3.05, 3.63) is 16.0 Å². The van der Waals surface area contributed by atoms with Crippen molar-refractivity contribution >= 4 is 9.30 Å². The summed E-state index contributed by atoms with van der Waals surface area (Å²) in [7, 11) is 15.1. The Labute approximate surface area is 86.9 Å². The number of hydrogen-bond acceptors (Lipinski definition) is 0. The van der Waals surface area contributed by atoms with Crippen molar-refractivity contribution < 1.29 is 19.4 Å². The summed E-state index contributed by atoms with van der Waals surface area (Å²) in [5.41, 5.74) is 0. The van der Waals surface area contributed by atoms with Crippen molar-refractivity contribution in [2.45, 2.75) is 0 Å². The fourth-order valence-corrected chi connectivity index (χ4v) is 0. The van der Waals surface area contributed by atoms with E-state index in [4.69, 9.17) is 0 Å². The Hall–Kier alpha value is 0.884. The van der Waals surface area contributed by atoms with Crippen LogP contribution in [-0.2, 0) is 19.4 Å². The maximum atomic E-state index is 4.64. The van der Waals surface area contributed by atoms with Gasteiger partial charge in [-0.15, -0.1) is 0 Å². The van der Waals surface area contributed by atoms with E-state index in [-0.39, 0.29) is 0 Å². The van der Waals surface area contributed by atoms with Crippen LogP contribution >= 0.6 is 9.30 Å². The molecule has 0 aromatic rings. The summed E-state index contributed by atoms with van der Waals surface area (Å²) in [5, 5.41) is 10.5. The Morgan fingerprint density at radius 3 is 0.636 bits per heavy atom. The van der Waals surface area contributed by atoms with E-state index in [1.54, 1.807) is 42.3 Å². The van der Waals surface area contributed by atoms with E-state index in [2.05, 4.69) is 25.3 Å². The minimum atomic E-state index is 1.47. The Bertz CT molecular complexity index is 22.5. The molecule has 0 aliphatic heterocycles. The first-order chi connectivity index (χ1) is 5.24. The van der Waals surface area contributed by atoms with E-state index in [9.17, 15) is 0 Å². The molecule has 0 aromatic carbocycles. The Balaban J connectivity index is -0.0000000301. The molecule has 68 valence electrons. The molecule has 0 fully saturated rings. The third kappa shape index (κ3) is 1100. The predicted molar refractivity (Wildman–Crippen MR) is 51.5 cm³/mol. The van der Waals surface area contributed by atoms with Crippen LogP contribution in [0, 0.1) is 0 Å². The molecule has 0 unspecified atom stereocenters. The topological polar surface area (TPSA) is 42.3 Å². The molecule has 0 radical (unpaired) electrons. The van der Waals surface area contributed by atoms with E-state index in [0.717, 1.165) is 0 Å². The van der Waals surface area contributed by atoms with E-state index < -0.39 is 0 Å². The maximum absolute atomic E-state index is 4.64. The van der Waals surface area contributed by atoms with Gasteiger partial charge in [0.05, 0.1) is 0 Å². The number of hydrogen-bond donors (Lipinski definition) is 0. The molecule has 0 rings (SSSR count). The zero-order chi connectivity index (χ0) is 10.1. The summed E-state index contributed by atoms with van der Waals surface area (Å²) in [6.45, 7) is 0. The second-order valence-electron chi connectivity index (χ2n) is 1.34. The summed E-state index contributed by atoms with van der Waals surface area (Å²) >= 11 is 1.47. The molecule has 0 N–H and O–H groups in total. The van der Waals surface area contributed by atoms with E-state index in [0.29, 0.717) is 0 Å². The molecule has 0 aliphatic rings. The van der Waals surface area contributed by atoms with Crippen LogP contribution < -0.4 is 0 Å². The second-order valence-corrected chi connectivity index (χ2v) is 1.34. The SMILES string of the molecule is C[N-]C.C[N-]C.C[N-]C.[Cl][Ti+3]. The molecule has 5 heteroatoms. The minimum absolute atomic E-state index is 1.47. The molecule has 0 heterocycles. The first-order valence-electron chi connectivity index (χ1n) is 2.87. The average Bonchev–Trinajstić information content (AvgIpc) is 1.96. The van der Waals surface area contributed by atoms with Gasteiger partial charge in [-0.2, -0.15) is 42.3 Å². The summed E-state index contributed by atoms with van der Waals surface area (Å²) < 4.78 is 0. The molecule has 0 amide bonds. The zero-order valence-electron chi connectivity index (χ0n) is 8.22. The van der Waals surface area contributed by atoms with Crippen LogP contribution in [0.4, 0.5) is 0 Å². The predicted octanol–water partition coefficient (Wildman–Crippen LogP) is 2.55. The Morgan fingerprint density at radius 2 is 0.636 bits per heavy atom. The van der Waals surface area contributed by atoms with Crippen LogP contribution in [-0.4, -0.2) is 42.3 Å². The van der Waals surface area contributed by atoms with Crippen molar-refractivity contribution in [1.29, 1.82) is 0 Å². The van der Waals surface area contributed by atoms with Crippen LogP contribution in [0.25, 0.3) is 16.0 Å². The monoisotopic (exact) mass is 215 g/mol. The van der Waals surface area contributed by atoms with Crippen molar-refractivity contribution in [3.63, 3.8) is 0 Å². The van der Waals surface area contributed by atoms with Crippen molar-refractivity contribution in [1.82, 2.24) is 0 Å². The normalized spacial score (nSPS) is 5.55. The van der Waals surface area contributed by atoms with Gasteiger partial charge in [-0.3, -0.25) is 0 Å². The van der Waals surface area contributed by atoms with Gasteiger partial charge >= 0.3 is 28.7 Å².